The molecule has 0 aliphatic rings. The molecule has 17 heavy (non-hydrogen) atoms. The van der Waals surface area contributed by atoms with E-state index in [0.717, 1.165) is 6.07 Å². The zero-order valence-corrected chi connectivity index (χ0v) is 8.70. The summed E-state index contributed by atoms with van der Waals surface area (Å²) in [6.07, 6.45) is 0. The fourth-order valence-electron chi connectivity index (χ4n) is 1.64. The molecule has 5 nitrogen and oxygen atoms in total. The zero-order chi connectivity index (χ0) is 12.4. The highest BCUT2D eigenvalue weighted by molar-refractivity contribution is 5.82. The van der Waals surface area contributed by atoms with E-state index in [1.54, 1.807) is 30.3 Å². The van der Waals surface area contributed by atoms with Gasteiger partial charge in [0.2, 0.25) is 0 Å². The molecular formula is C12H9NO4. The Kier molecular flexibility index (Phi) is 2.66. The van der Waals surface area contributed by atoms with Crippen molar-refractivity contribution in [2.45, 2.75) is 0 Å². The first kappa shape index (κ1) is 10.9. The van der Waals surface area contributed by atoms with Crippen LogP contribution < -0.4 is 0 Å². The molecule has 0 aliphatic carbocycles. The number of hydrogen-bond acceptors (Lipinski definition) is 4. The average Bonchev–Trinajstić information content (AvgIpc) is 2.32. The Morgan fingerprint density at radius 3 is 2.12 bits per heavy atom. The maximum Gasteiger partial charge on any atom is 0.322 e. The van der Waals surface area contributed by atoms with Crippen LogP contribution in [0.3, 0.4) is 0 Å². The summed E-state index contributed by atoms with van der Waals surface area (Å²) in [5.41, 5.74) is 0.0133. The molecule has 2 rings (SSSR count). The third kappa shape index (κ3) is 1.90. The molecule has 2 aromatic carbocycles. The van der Waals surface area contributed by atoms with Crippen molar-refractivity contribution in [1.82, 2.24) is 0 Å². The SMILES string of the molecule is O=[N+]([O-])c1c(O)ccc(O)c1-c1ccccc1. The van der Waals surface area contributed by atoms with Crippen LogP contribution in [0.5, 0.6) is 11.5 Å². The van der Waals surface area contributed by atoms with Crippen LogP contribution in [-0.4, -0.2) is 15.1 Å². The van der Waals surface area contributed by atoms with Crippen LogP contribution in [0.2, 0.25) is 0 Å². The first-order valence-corrected chi connectivity index (χ1v) is 4.86. The van der Waals surface area contributed by atoms with Crippen molar-refractivity contribution in [2.75, 3.05) is 0 Å². The number of nitro groups is 1. The van der Waals surface area contributed by atoms with Crippen molar-refractivity contribution in [3.8, 4) is 22.6 Å². The number of rotatable bonds is 2. The van der Waals surface area contributed by atoms with E-state index in [1.165, 1.54) is 6.07 Å². The minimum Gasteiger partial charge on any atom is -0.507 e. The van der Waals surface area contributed by atoms with E-state index in [9.17, 15) is 20.3 Å². The summed E-state index contributed by atoms with van der Waals surface area (Å²) in [7, 11) is 0. The van der Waals surface area contributed by atoms with E-state index in [4.69, 9.17) is 0 Å². The molecule has 0 aliphatic heterocycles. The highest BCUT2D eigenvalue weighted by Gasteiger charge is 2.24. The highest BCUT2D eigenvalue weighted by Crippen LogP contribution is 2.42. The number of benzene rings is 2. The van der Waals surface area contributed by atoms with E-state index >= 15 is 0 Å². The molecule has 0 atom stereocenters. The second-order valence-corrected chi connectivity index (χ2v) is 3.45. The van der Waals surface area contributed by atoms with Crippen molar-refractivity contribution in [3.05, 3.63) is 52.6 Å². The van der Waals surface area contributed by atoms with Crippen molar-refractivity contribution in [1.29, 1.82) is 0 Å². The predicted molar refractivity (Wildman–Crippen MR) is 61.9 cm³/mol. The monoisotopic (exact) mass is 231 g/mol. The molecule has 0 spiro atoms. The van der Waals surface area contributed by atoms with Crippen LogP contribution in [0.1, 0.15) is 0 Å². The Balaban J connectivity index is 2.76. The second-order valence-electron chi connectivity index (χ2n) is 3.45. The minimum absolute atomic E-state index is 0.0237. The Bertz CT molecular complexity index is 566. The molecule has 5 heteroatoms. The maximum absolute atomic E-state index is 10.9. The van der Waals surface area contributed by atoms with Gasteiger partial charge in [0.15, 0.2) is 5.75 Å². The smallest absolute Gasteiger partial charge is 0.322 e. The summed E-state index contributed by atoms with van der Waals surface area (Å²) in [6.45, 7) is 0. The van der Waals surface area contributed by atoms with Crippen LogP contribution >= 0.6 is 0 Å². The first-order valence-electron chi connectivity index (χ1n) is 4.86. The summed E-state index contributed by atoms with van der Waals surface area (Å²) >= 11 is 0. The predicted octanol–water partition coefficient (Wildman–Crippen LogP) is 2.67. The molecule has 2 aromatic rings. The van der Waals surface area contributed by atoms with Gasteiger partial charge in [-0.3, -0.25) is 10.1 Å². The quantitative estimate of drug-likeness (QED) is 0.472. The lowest BCUT2D eigenvalue weighted by Crippen LogP contribution is -1.93. The van der Waals surface area contributed by atoms with Gasteiger partial charge in [-0.1, -0.05) is 30.3 Å². The topological polar surface area (TPSA) is 83.6 Å². The second kappa shape index (κ2) is 4.13. The summed E-state index contributed by atoms with van der Waals surface area (Å²) in [4.78, 5) is 10.2. The van der Waals surface area contributed by atoms with Crippen LogP contribution in [0.4, 0.5) is 5.69 Å². The van der Waals surface area contributed by atoms with Gasteiger partial charge in [-0.05, 0) is 17.7 Å². The Labute approximate surface area is 96.7 Å². The van der Waals surface area contributed by atoms with Gasteiger partial charge < -0.3 is 10.2 Å². The molecule has 0 heterocycles. The van der Waals surface area contributed by atoms with Crippen LogP contribution in [0, 0.1) is 10.1 Å². The summed E-state index contributed by atoms with van der Waals surface area (Å²) < 4.78 is 0. The molecule has 0 amide bonds. The molecule has 0 saturated carbocycles. The van der Waals surface area contributed by atoms with Crippen LogP contribution in [0.25, 0.3) is 11.1 Å². The van der Waals surface area contributed by atoms with Gasteiger partial charge in [0.1, 0.15) is 11.3 Å². The molecular weight excluding hydrogens is 222 g/mol. The third-order valence-corrected chi connectivity index (χ3v) is 2.38. The van der Waals surface area contributed by atoms with Crippen LogP contribution in [-0.2, 0) is 0 Å². The van der Waals surface area contributed by atoms with Crippen molar-refractivity contribution >= 4 is 5.69 Å². The molecule has 0 saturated heterocycles. The van der Waals surface area contributed by atoms with Gasteiger partial charge in [0, 0.05) is 0 Å². The number of nitrogens with zero attached hydrogens (tertiary/aromatic N) is 1. The molecule has 0 fully saturated rings. The number of nitro benzene ring substituents is 1. The molecule has 2 N–H and O–H groups in total. The van der Waals surface area contributed by atoms with Crippen molar-refractivity contribution < 1.29 is 15.1 Å². The van der Waals surface area contributed by atoms with E-state index in [0.29, 0.717) is 5.56 Å². The molecule has 0 unspecified atom stereocenters. The summed E-state index contributed by atoms with van der Waals surface area (Å²) in [5.74, 6) is -0.702. The Morgan fingerprint density at radius 2 is 1.53 bits per heavy atom. The van der Waals surface area contributed by atoms with Gasteiger partial charge in [0.05, 0.1) is 4.92 Å². The van der Waals surface area contributed by atoms with Crippen molar-refractivity contribution in [2.24, 2.45) is 0 Å². The third-order valence-electron chi connectivity index (χ3n) is 2.38. The summed E-state index contributed by atoms with van der Waals surface area (Å²) in [5, 5.41) is 30.1. The standard InChI is InChI=1S/C12H9NO4/c14-9-6-7-10(15)12(13(16)17)11(9)8-4-2-1-3-5-8/h1-7,14-15H. The lowest BCUT2D eigenvalue weighted by atomic mass is 10.0. The zero-order valence-electron chi connectivity index (χ0n) is 8.70. The molecule has 0 radical (unpaired) electrons. The lowest BCUT2D eigenvalue weighted by Gasteiger charge is -2.06. The lowest BCUT2D eigenvalue weighted by molar-refractivity contribution is -0.385. The first-order chi connectivity index (χ1) is 8.11. The highest BCUT2D eigenvalue weighted by atomic mass is 16.6. The Morgan fingerprint density at radius 1 is 0.941 bits per heavy atom. The van der Waals surface area contributed by atoms with Crippen molar-refractivity contribution in [3.63, 3.8) is 0 Å². The van der Waals surface area contributed by atoms with Gasteiger partial charge in [-0.15, -0.1) is 0 Å². The van der Waals surface area contributed by atoms with E-state index in [2.05, 4.69) is 0 Å². The maximum atomic E-state index is 10.9. The normalized spacial score (nSPS) is 10.1. The largest absolute Gasteiger partial charge is 0.507 e. The van der Waals surface area contributed by atoms with Crippen LogP contribution in [0.15, 0.2) is 42.5 Å². The summed E-state index contributed by atoms with van der Waals surface area (Å²) in [6, 6.07) is 10.7. The van der Waals surface area contributed by atoms with E-state index in [1.807, 2.05) is 0 Å². The van der Waals surface area contributed by atoms with Gasteiger partial charge in [-0.25, -0.2) is 0 Å². The molecule has 86 valence electrons. The van der Waals surface area contributed by atoms with Gasteiger partial charge in [-0.2, -0.15) is 0 Å². The average molecular weight is 231 g/mol. The number of phenolic OH excluding ortho intramolecular Hbond substituents is 2. The number of phenols is 2. The molecule has 0 aromatic heterocycles. The fourth-order valence-corrected chi connectivity index (χ4v) is 1.64. The van der Waals surface area contributed by atoms with E-state index in [-0.39, 0.29) is 11.3 Å². The Hall–Kier alpha value is -2.56. The van der Waals surface area contributed by atoms with E-state index < -0.39 is 16.4 Å². The molecule has 0 bridgehead atoms. The fraction of sp³-hybridized carbons (Fsp3) is 0. The number of hydrogen-bond donors (Lipinski definition) is 2. The van der Waals surface area contributed by atoms with Gasteiger partial charge in [0.25, 0.3) is 0 Å². The van der Waals surface area contributed by atoms with Gasteiger partial charge >= 0.3 is 5.69 Å². The number of aromatic hydroxyl groups is 2. The minimum atomic E-state index is -0.711.